The van der Waals surface area contributed by atoms with Gasteiger partial charge in [-0.15, -0.1) is 0 Å². The van der Waals surface area contributed by atoms with Gasteiger partial charge in [0.05, 0.1) is 24.3 Å². The first-order valence-electron chi connectivity index (χ1n) is 9.45. The monoisotopic (exact) mass is 434 g/mol. The van der Waals surface area contributed by atoms with Crippen LogP contribution in [0.15, 0.2) is 24.7 Å². The Labute approximate surface area is 174 Å². The molecule has 3 aromatic rings. The van der Waals surface area contributed by atoms with Gasteiger partial charge < -0.3 is 10.1 Å². The highest BCUT2D eigenvalue weighted by molar-refractivity contribution is 5.59. The van der Waals surface area contributed by atoms with Crippen molar-refractivity contribution in [2.75, 3.05) is 11.9 Å². The quantitative estimate of drug-likeness (QED) is 0.578. The molecule has 0 saturated heterocycles. The number of alkyl halides is 4. The van der Waals surface area contributed by atoms with Gasteiger partial charge in [0.2, 0.25) is 5.88 Å². The Morgan fingerprint density at radius 1 is 1.32 bits per heavy atom. The lowest BCUT2D eigenvalue weighted by Gasteiger charge is -2.19. The molecule has 1 aliphatic carbocycles. The van der Waals surface area contributed by atoms with E-state index in [1.54, 1.807) is 12.3 Å². The first kappa shape index (κ1) is 20.8. The average molecular weight is 434 g/mol. The van der Waals surface area contributed by atoms with E-state index in [-0.39, 0.29) is 22.6 Å². The van der Waals surface area contributed by atoms with Crippen molar-refractivity contribution in [1.29, 1.82) is 5.26 Å². The molecule has 1 N–H and O–H groups in total. The first-order valence-corrected chi connectivity index (χ1v) is 9.45. The summed E-state index contributed by atoms with van der Waals surface area (Å²) >= 11 is 0. The highest BCUT2D eigenvalue weighted by Crippen LogP contribution is 2.47. The zero-order valence-corrected chi connectivity index (χ0v) is 16.6. The van der Waals surface area contributed by atoms with Crippen molar-refractivity contribution in [1.82, 2.24) is 19.6 Å². The number of anilines is 1. The molecule has 1 atom stereocenters. The Hall–Kier alpha value is -3.42. The summed E-state index contributed by atoms with van der Waals surface area (Å²) < 4.78 is 56.7. The zero-order chi connectivity index (χ0) is 22.3. The summed E-state index contributed by atoms with van der Waals surface area (Å²) in [4.78, 5) is 7.88. The molecule has 4 rings (SSSR count). The summed E-state index contributed by atoms with van der Waals surface area (Å²) in [7, 11) is 0. The van der Waals surface area contributed by atoms with Crippen LogP contribution >= 0.6 is 0 Å². The third kappa shape index (κ3) is 3.85. The van der Waals surface area contributed by atoms with Gasteiger partial charge >= 0.3 is 6.61 Å². The lowest BCUT2D eigenvalue weighted by atomic mass is 9.86. The molecule has 0 unspecified atom stereocenters. The summed E-state index contributed by atoms with van der Waals surface area (Å²) in [5.74, 6) is -0.437. The number of nitriles is 1. The molecule has 0 aromatic carbocycles. The van der Waals surface area contributed by atoms with E-state index in [1.807, 2.05) is 13.8 Å². The number of nitrogens with zero attached hydrogens (tertiary/aromatic N) is 5. The van der Waals surface area contributed by atoms with Crippen LogP contribution in [0.4, 0.5) is 23.2 Å². The number of fused-ring (bicyclic) bond motifs is 3. The molecule has 11 heteroatoms. The minimum Gasteiger partial charge on any atom is -0.415 e. The van der Waals surface area contributed by atoms with Crippen LogP contribution in [-0.4, -0.2) is 32.7 Å². The Morgan fingerprint density at radius 2 is 2.10 bits per heavy atom. The van der Waals surface area contributed by atoms with Crippen molar-refractivity contribution in [3.63, 3.8) is 0 Å². The highest BCUT2D eigenvalue weighted by Gasteiger charge is 2.40. The summed E-state index contributed by atoms with van der Waals surface area (Å²) in [5.41, 5.74) is 1.92. The van der Waals surface area contributed by atoms with Gasteiger partial charge in [0.15, 0.2) is 5.65 Å². The Kier molecular flexibility index (Phi) is 5.16. The van der Waals surface area contributed by atoms with Gasteiger partial charge in [-0.05, 0) is 23.5 Å². The maximum absolute atomic E-state index is 13.1. The van der Waals surface area contributed by atoms with Gasteiger partial charge in [-0.25, -0.2) is 23.3 Å². The number of hydrogen-bond donors (Lipinski definition) is 1. The van der Waals surface area contributed by atoms with Crippen LogP contribution < -0.4 is 10.1 Å². The fourth-order valence-corrected chi connectivity index (χ4v) is 4.13. The average Bonchev–Trinajstić information content (AvgIpc) is 3.25. The zero-order valence-electron chi connectivity index (χ0n) is 16.6. The smallest absolute Gasteiger partial charge is 0.388 e. The third-order valence-corrected chi connectivity index (χ3v) is 5.36. The number of hydrogen-bond acceptors (Lipinski definition) is 6. The molecule has 0 spiro atoms. The molecule has 0 saturated carbocycles. The molecular formula is C20H18F4N6O. The molecule has 1 aliphatic rings. The van der Waals surface area contributed by atoms with Crippen LogP contribution in [0.25, 0.3) is 5.65 Å². The summed E-state index contributed by atoms with van der Waals surface area (Å²) in [6.07, 6.45) is 2.25. The largest absolute Gasteiger partial charge is 0.415 e. The molecule has 0 fully saturated rings. The molecule has 31 heavy (non-hydrogen) atoms. The van der Waals surface area contributed by atoms with Crippen molar-refractivity contribution in [2.24, 2.45) is 0 Å². The second-order valence-electron chi connectivity index (χ2n) is 7.94. The minimum atomic E-state index is -3.08. The van der Waals surface area contributed by atoms with E-state index < -0.39 is 18.9 Å². The van der Waals surface area contributed by atoms with E-state index >= 15 is 0 Å². The molecule has 3 heterocycles. The number of pyridine rings is 1. The maximum atomic E-state index is 13.1. The molecule has 7 nitrogen and oxygen atoms in total. The molecule has 0 bridgehead atoms. The van der Waals surface area contributed by atoms with Gasteiger partial charge in [0, 0.05) is 18.0 Å². The standard InChI is InChI=1S/C20H18F4N6O/c1-20(2)4-11(6-26-12-3-10(5-25)18(27-7-12)31-19(23)24)13-8-28-30-9-14(16(21)22)29-17(30)15(13)20/h3,7-9,11,16,19,26H,4,6H2,1-2H3/t11-/m1/s1. The van der Waals surface area contributed by atoms with Gasteiger partial charge in [0.1, 0.15) is 17.3 Å². The molecule has 0 amide bonds. The number of ether oxygens (including phenoxy) is 1. The Morgan fingerprint density at radius 3 is 2.77 bits per heavy atom. The van der Waals surface area contributed by atoms with Gasteiger partial charge in [-0.2, -0.15) is 19.1 Å². The summed E-state index contributed by atoms with van der Waals surface area (Å²) in [6, 6.07) is 3.17. The van der Waals surface area contributed by atoms with E-state index in [1.165, 1.54) is 23.0 Å². The topological polar surface area (TPSA) is 88.1 Å². The highest BCUT2D eigenvalue weighted by atomic mass is 19.3. The number of rotatable bonds is 6. The fraction of sp³-hybridized carbons (Fsp3) is 0.400. The van der Waals surface area contributed by atoms with Crippen LogP contribution in [0.3, 0.4) is 0 Å². The molecule has 3 aromatic heterocycles. The summed E-state index contributed by atoms with van der Waals surface area (Å²) in [6.45, 7) is 1.41. The number of aromatic nitrogens is 4. The number of halogens is 4. The van der Waals surface area contributed by atoms with E-state index in [9.17, 15) is 17.6 Å². The van der Waals surface area contributed by atoms with E-state index in [2.05, 4.69) is 25.1 Å². The van der Waals surface area contributed by atoms with Crippen molar-refractivity contribution < 1.29 is 22.3 Å². The molecular weight excluding hydrogens is 416 g/mol. The van der Waals surface area contributed by atoms with Crippen LogP contribution in [0, 0.1) is 11.3 Å². The second kappa shape index (κ2) is 7.68. The SMILES string of the molecule is CC1(C)C[C@H](CNc2cnc(OC(F)F)c(C#N)c2)c2cnn3cc(C(F)F)nc3c21. The fourth-order valence-electron chi connectivity index (χ4n) is 4.13. The van der Waals surface area contributed by atoms with E-state index in [4.69, 9.17) is 5.26 Å². The molecule has 0 radical (unpaired) electrons. The third-order valence-electron chi connectivity index (χ3n) is 5.36. The van der Waals surface area contributed by atoms with Crippen molar-refractivity contribution in [2.45, 2.75) is 44.6 Å². The van der Waals surface area contributed by atoms with Crippen molar-refractivity contribution in [3.8, 4) is 11.9 Å². The number of imidazole rings is 1. The lowest BCUT2D eigenvalue weighted by Crippen LogP contribution is -2.16. The van der Waals surface area contributed by atoms with Crippen LogP contribution in [-0.2, 0) is 5.41 Å². The lowest BCUT2D eigenvalue weighted by molar-refractivity contribution is -0.0530. The van der Waals surface area contributed by atoms with Crippen LogP contribution in [0.1, 0.15) is 55.0 Å². The van der Waals surface area contributed by atoms with Crippen molar-refractivity contribution >= 4 is 11.3 Å². The first-order chi connectivity index (χ1) is 14.7. The Balaban J connectivity index is 1.59. The minimum absolute atomic E-state index is 0.00303. The second-order valence-corrected chi connectivity index (χ2v) is 7.94. The predicted octanol–water partition coefficient (Wildman–Crippen LogP) is 4.41. The summed E-state index contributed by atoms with van der Waals surface area (Å²) in [5, 5.41) is 16.6. The maximum Gasteiger partial charge on any atom is 0.388 e. The molecule has 0 aliphatic heterocycles. The van der Waals surface area contributed by atoms with Crippen molar-refractivity contribution in [3.05, 3.63) is 47.0 Å². The van der Waals surface area contributed by atoms with E-state index in [0.29, 0.717) is 17.9 Å². The normalized spacial score (nSPS) is 17.2. The number of nitrogens with one attached hydrogen (secondary N) is 1. The van der Waals surface area contributed by atoms with Gasteiger partial charge in [-0.1, -0.05) is 13.8 Å². The van der Waals surface area contributed by atoms with Crippen LogP contribution in [0.2, 0.25) is 0 Å². The van der Waals surface area contributed by atoms with E-state index in [0.717, 1.165) is 17.5 Å². The predicted molar refractivity (Wildman–Crippen MR) is 102 cm³/mol. The van der Waals surface area contributed by atoms with Gasteiger partial charge in [-0.3, -0.25) is 0 Å². The van der Waals surface area contributed by atoms with Gasteiger partial charge in [0.25, 0.3) is 6.43 Å². The molecule has 162 valence electrons. The Bertz CT molecular complexity index is 1170. The van der Waals surface area contributed by atoms with Crippen LogP contribution in [0.5, 0.6) is 5.88 Å².